The molecular weight excluding hydrogens is 312 g/mol. The maximum atomic E-state index is 12.4. The van der Waals surface area contributed by atoms with Crippen molar-refractivity contribution in [2.24, 2.45) is 0 Å². The van der Waals surface area contributed by atoms with Gasteiger partial charge in [-0.1, -0.05) is 18.2 Å². The van der Waals surface area contributed by atoms with Crippen LogP contribution in [0.1, 0.15) is 31.7 Å². The number of nitrogens with one attached hydrogen (secondary N) is 1. The summed E-state index contributed by atoms with van der Waals surface area (Å²) in [7, 11) is 0. The normalized spacial score (nSPS) is 15.5. The predicted molar refractivity (Wildman–Crippen MR) is 102 cm³/mol. The molecule has 0 aliphatic carbocycles. The Morgan fingerprint density at radius 2 is 1.72 bits per heavy atom. The number of amides is 1. The predicted octanol–water partition coefficient (Wildman–Crippen LogP) is 4.39. The van der Waals surface area contributed by atoms with Crippen LogP contribution in [-0.4, -0.2) is 25.1 Å². The zero-order valence-corrected chi connectivity index (χ0v) is 15.0. The van der Waals surface area contributed by atoms with Gasteiger partial charge in [0.2, 0.25) is 0 Å². The second-order valence-electron chi connectivity index (χ2n) is 6.61. The van der Waals surface area contributed by atoms with Crippen LogP contribution >= 0.6 is 0 Å². The number of rotatable bonds is 5. The lowest BCUT2D eigenvalue weighted by atomic mass is 10.1. The van der Waals surface area contributed by atoms with Gasteiger partial charge in [0.15, 0.2) is 6.10 Å². The van der Waals surface area contributed by atoms with Crippen molar-refractivity contribution in [1.29, 1.82) is 0 Å². The topological polar surface area (TPSA) is 41.6 Å². The summed E-state index contributed by atoms with van der Waals surface area (Å²) in [6, 6.07) is 15.8. The molecule has 25 heavy (non-hydrogen) atoms. The Bertz CT molecular complexity index is 706. The molecule has 0 saturated carbocycles. The molecule has 0 unspecified atom stereocenters. The third-order valence-electron chi connectivity index (χ3n) is 4.62. The van der Waals surface area contributed by atoms with Crippen LogP contribution in [0, 0.1) is 6.92 Å². The first kappa shape index (κ1) is 17.3. The van der Waals surface area contributed by atoms with Gasteiger partial charge in [0.25, 0.3) is 5.91 Å². The van der Waals surface area contributed by atoms with Gasteiger partial charge in [0, 0.05) is 24.5 Å². The molecule has 0 bridgehead atoms. The smallest absolute Gasteiger partial charge is 0.265 e. The number of benzene rings is 2. The van der Waals surface area contributed by atoms with Crippen molar-refractivity contribution in [3.05, 3.63) is 54.1 Å². The second-order valence-corrected chi connectivity index (χ2v) is 6.61. The summed E-state index contributed by atoms with van der Waals surface area (Å²) in [6.45, 7) is 5.98. The minimum absolute atomic E-state index is 0.144. The van der Waals surface area contributed by atoms with Crippen molar-refractivity contribution in [2.75, 3.05) is 23.3 Å². The number of nitrogens with zero attached hydrogens (tertiary/aromatic N) is 1. The van der Waals surface area contributed by atoms with Gasteiger partial charge in [-0.3, -0.25) is 4.79 Å². The molecule has 132 valence electrons. The third kappa shape index (κ3) is 4.53. The first-order chi connectivity index (χ1) is 12.1. The molecule has 1 heterocycles. The number of ether oxygens (including phenoxy) is 1. The summed E-state index contributed by atoms with van der Waals surface area (Å²) in [6.07, 6.45) is 3.28. The Balaban J connectivity index is 1.57. The number of anilines is 2. The van der Waals surface area contributed by atoms with E-state index >= 15 is 0 Å². The Morgan fingerprint density at radius 3 is 2.40 bits per heavy atom. The fourth-order valence-electron chi connectivity index (χ4n) is 3.08. The molecule has 1 amide bonds. The number of para-hydroxylation sites is 1. The van der Waals surface area contributed by atoms with Crippen molar-refractivity contribution in [2.45, 2.75) is 39.2 Å². The van der Waals surface area contributed by atoms with E-state index < -0.39 is 6.10 Å². The van der Waals surface area contributed by atoms with E-state index in [0.29, 0.717) is 0 Å². The highest BCUT2D eigenvalue weighted by atomic mass is 16.5. The van der Waals surface area contributed by atoms with Crippen molar-refractivity contribution in [3.63, 3.8) is 0 Å². The molecule has 1 aliphatic rings. The standard InChI is InChI=1S/C21H26N2O2/c1-16-8-4-5-9-20(16)25-17(2)21(24)22-18-10-12-19(13-11-18)23-14-6-3-7-15-23/h4-5,8-13,17H,3,6-7,14-15H2,1-2H3,(H,22,24)/t17-/m0/s1. The third-order valence-corrected chi connectivity index (χ3v) is 4.62. The van der Waals surface area contributed by atoms with E-state index in [9.17, 15) is 4.79 Å². The number of carbonyl (C=O) groups is 1. The Morgan fingerprint density at radius 1 is 1.04 bits per heavy atom. The number of hydrogen-bond donors (Lipinski definition) is 1. The van der Waals surface area contributed by atoms with Crippen LogP contribution < -0.4 is 15.0 Å². The van der Waals surface area contributed by atoms with Gasteiger partial charge in [-0.15, -0.1) is 0 Å². The number of aryl methyl sites for hydroxylation is 1. The zero-order chi connectivity index (χ0) is 17.6. The molecule has 2 aromatic rings. The summed E-state index contributed by atoms with van der Waals surface area (Å²) in [5, 5.41) is 2.93. The van der Waals surface area contributed by atoms with Crippen LogP contribution in [-0.2, 0) is 4.79 Å². The number of piperidine rings is 1. The first-order valence-corrected chi connectivity index (χ1v) is 9.01. The highest BCUT2D eigenvalue weighted by Gasteiger charge is 2.16. The molecule has 1 atom stereocenters. The van der Waals surface area contributed by atoms with Crippen molar-refractivity contribution < 1.29 is 9.53 Å². The first-order valence-electron chi connectivity index (χ1n) is 9.01. The van der Waals surface area contributed by atoms with Crippen LogP contribution in [0.25, 0.3) is 0 Å². The monoisotopic (exact) mass is 338 g/mol. The number of hydrogen-bond acceptors (Lipinski definition) is 3. The number of carbonyl (C=O) groups excluding carboxylic acids is 1. The van der Waals surface area contributed by atoms with Crippen LogP contribution in [0.4, 0.5) is 11.4 Å². The molecule has 0 radical (unpaired) electrons. The van der Waals surface area contributed by atoms with Gasteiger partial charge >= 0.3 is 0 Å². The highest BCUT2D eigenvalue weighted by Crippen LogP contribution is 2.22. The maximum absolute atomic E-state index is 12.4. The van der Waals surface area contributed by atoms with Gasteiger partial charge in [-0.25, -0.2) is 0 Å². The van der Waals surface area contributed by atoms with Crippen LogP contribution in [0.2, 0.25) is 0 Å². The quantitative estimate of drug-likeness (QED) is 0.879. The highest BCUT2D eigenvalue weighted by molar-refractivity contribution is 5.94. The average Bonchev–Trinajstić information content (AvgIpc) is 2.65. The minimum atomic E-state index is -0.553. The fraction of sp³-hybridized carbons (Fsp3) is 0.381. The fourth-order valence-corrected chi connectivity index (χ4v) is 3.08. The summed E-state index contributed by atoms with van der Waals surface area (Å²) >= 11 is 0. The molecule has 1 fully saturated rings. The van der Waals surface area contributed by atoms with E-state index in [1.165, 1.54) is 24.9 Å². The minimum Gasteiger partial charge on any atom is -0.481 e. The van der Waals surface area contributed by atoms with Crippen molar-refractivity contribution >= 4 is 17.3 Å². The molecule has 1 N–H and O–H groups in total. The van der Waals surface area contributed by atoms with E-state index in [1.54, 1.807) is 6.92 Å². The molecule has 0 spiro atoms. The van der Waals surface area contributed by atoms with E-state index in [2.05, 4.69) is 22.3 Å². The summed E-state index contributed by atoms with van der Waals surface area (Å²) < 4.78 is 5.78. The van der Waals surface area contributed by atoms with E-state index in [1.807, 2.05) is 43.3 Å². The largest absolute Gasteiger partial charge is 0.481 e. The van der Waals surface area contributed by atoms with E-state index in [0.717, 1.165) is 30.1 Å². The van der Waals surface area contributed by atoms with Gasteiger partial charge in [-0.05, 0) is 69.0 Å². The maximum Gasteiger partial charge on any atom is 0.265 e. The lowest BCUT2D eigenvalue weighted by Gasteiger charge is -2.28. The lowest BCUT2D eigenvalue weighted by Crippen LogP contribution is -2.30. The Hall–Kier alpha value is -2.49. The van der Waals surface area contributed by atoms with Crippen LogP contribution in [0.15, 0.2) is 48.5 Å². The van der Waals surface area contributed by atoms with E-state index in [4.69, 9.17) is 4.74 Å². The summed E-state index contributed by atoms with van der Waals surface area (Å²) in [4.78, 5) is 14.8. The lowest BCUT2D eigenvalue weighted by molar-refractivity contribution is -0.122. The van der Waals surface area contributed by atoms with Crippen LogP contribution in [0.5, 0.6) is 5.75 Å². The molecule has 2 aromatic carbocycles. The molecule has 1 saturated heterocycles. The molecule has 1 aliphatic heterocycles. The van der Waals surface area contributed by atoms with E-state index in [-0.39, 0.29) is 5.91 Å². The average molecular weight is 338 g/mol. The summed E-state index contributed by atoms with van der Waals surface area (Å²) in [5.74, 6) is 0.597. The molecule has 0 aromatic heterocycles. The zero-order valence-electron chi connectivity index (χ0n) is 15.0. The molecule has 3 rings (SSSR count). The molecule has 4 nitrogen and oxygen atoms in total. The van der Waals surface area contributed by atoms with Gasteiger partial charge in [0.05, 0.1) is 0 Å². The Labute approximate surface area is 149 Å². The SMILES string of the molecule is Cc1ccccc1O[C@@H](C)C(=O)Nc1ccc(N2CCCCC2)cc1. The van der Waals surface area contributed by atoms with Gasteiger partial charge in [0.1, 0.15) is 5.75 Å². The van der Waals surface area contributed by atoms with Gasteiger partial charge < -0.3 is 15.0 Å². The van der Waals surface area contributed by atoms with Crippen LogP contribution in [0.3, 0.4) is 0 Å². The van der Waals surface area contributed by atoms with Gasteiger partial charge in [-0.2, -0.15) is 0 Å². The summed E-state index contributed by atoms with van der Waals surface area (Å²) in [5.41, 5.74) is 3.04. The molecule has 4 heteroatoms. The van der Waals surface area contributed by atoms with Crippen molar-refractivity contribution in [1.82, 2.24) is 0 Å². The second kappa shape index (κ2) is 8.06. The Kier molecular flexibility index (Phi) is 5.59. The molecular formula is C21H26N2O2. The van der Waals surface area contributed by atoms with Crippen molar-refractivity contribution in [3.8, 4) is 5.75 Å².